The molecule has 112 valence electrons. The highest BCUT2D eigenvalue weighted by atomic mass is 32.2. The van der Waals surface area contributed by atoms with Crippen LogP contribution in [0.25, 0.3) is 0 Å². The summed E-state index contributed by atoms with van der Waals surface area (Å²) < 4.78 is 27.3. The molecule has 2 rings (SSSR count). The van der Waals surface area contributed by atoms with Gasteiger partial charge in [-0.25, -0.2) is 8.42 Å². The summed E-state index contributed by atoms with van der Waals surface area (Å²) in [5.74, 6) is 0. The Morgan fingerprint density at radius 3 is 2.25 bits per heavy atom. The molecule has 1 aliphatic carbocycles. The smallest absolute Gasteiger partial charge is 0.245 e. The number of anilines is 1. The molecule has 1 saturated carbocycles. The molecule has 0 atom stereocenters. The Balaban J connectivity index is 2.42. The molecule has 4 nitrogen and oxygen atoms in total. The minimum Gasteiger partial charge on any atom is -0.397 e. The third-order valence-corrected chi connectivity index (χ3v) is 6.45. The molecule has 1 fully saturated rings. The summed E-state index contributed by atoms with van der Waals surface area (Å²) >= 11 is 0. The van der Waals surface area contributed by atoms with Crippen molar-refractivity contribution in [2.45, 2.75) is 56.9 Å². The van der Waals surface area contributed by atoms with Crippen LogP contribution in [0.15, 0.2) is 17.0 Å². The molecule has 0 heterocycles. The highest BCUT2D eigenvalue weighted by molar-refractivity contribution is 7.89. The zero-order valence-corrected chi connectivity index (χ0v) is 13.3. The van der Waals surface area contributed by atoms with E-state index in [0.717, 1.165) is 36.8 Å². The fourth-order valence-corrected chi connectivity index (χ4v) is 4.74. The zero-order chi connectivity index (χ0) is 14.9. The Morgan fingerprint density at radius 1 is 1.10 bits per heavy atom. The Kier molecular flexibility index (Phi) is 4.39. The van der Waals surface area contributed by atoms with Gasteiger partial charge >= 0.3 is 0 Å². The van der Waals surface area contributed by atoms with E-state index in [1.807, 2.05) is 19.1 Å². The van der Waals surface area contributed by atoms with Crippen molar-refractivity contribution >= 4 is 15.7 Å². The molecular formula is C15H24N2O2S. The molecule has 0 saturated heterocycles. The van der Waals surface area contributed by atoms with Crippen LogP contribution < -0.4 is 5.73 Å². The second-order valence-electron chi connectivity index (χ2n) is 5.76. The van der Waals surface area contributed by atoms with Crippen LogP contribution in [-0.4, -0.2) is 25.8 Å². The van der Waals surface area contributed by atoms with Crippen LogP contribution in [0.1, 0.15) is 43.2 Å². The van der Waals surface area contributed by atoms with Gasteiger partial charge in [-0.3, -0.25) is 0 Å². The number of rotatable bonds is 3. The molecule has 1 aromatic carbocycles. The molecular weight excluding hydrogens is 272 g/mol. The Hall–Kier alpha value is -1.07. The molecule has 5 heteroatoms. The third kappa shape index (κ3) is 2.69. The first-order valence-corrected chi connectivity index (χ1v) is 8.63. The van der Waals surface area contributed by atoms with Crippen molar-refractivity contribution in [1.82, 2.24) is 4.31 Å². The lowest BCUT2D eigenvalue weighted by Gasteiger charge is -2.31. The maximum Gasteiger partial charge on any atom is 0.245 e. The van der Waals surface area contributed by atoms with E-state index in [1.54, 1.807) is 14.0 Å². The van der Waals surface area contributed by atoms with E-state index in [9.17, 15) is 8.42 Å². The van der Waals surface area contributed by atoms with Crippen molar-refractivity contribution < 1.29 is 8.42 Å². The second kappa shape index (κ2) is 5.74. The molecule has 0 aliphatic heterocycles. The number of aryl methyl sites for hydroxylation is 2. The first-order chi connectivity index (χ1) is 9.35. The fourth-order valence-electron chi connectivity index (χ4n) is 2.93. The Bertz CT molecular complexity index is 590. The molecule has 0 aromatic heterocycles. The minimum atomic E-state index is -3.51. The van der Waals surface area contributed by atoms with E-state index < -0.39 is 10.0 Å². The van der Waals surface area contributed by atoms with Crippen molar-refractivity contribution in [3.63, 3.8) is 0 Å². The predicted molar refractivity (Wildman–Crippen MR) is 82.2 cm³/mol. The number of hydrogen-bond donors (Lipinski definition) is 1. The van der Waals surface area contributed by atoms with Gasteiger partial charge in [-0.2, -0.15) is 4.31 Å². The predicted octanol–water partition coefficient (Wildman–Crippen LogP) is 2.84. The van der Waals surface area contributed by atoms with Crippen LogP contribution in [0, 0.1) is 13.8 Å². The van der Waals surface area contributed by atoms with Gasteiger partial charge in [0.25, 0.3) is 0 Å². The maximum atomic E-state index is 12.9. The Labute approximate surface area is 122 Å². The SMILES string of the molecule is Cc1ccc(C)c(S(=O)(=O)N(C)C2CCCCC2)c1N. The van der Waals surface area contributed by atoms with Gasteiger partial charge in [0.2, 0.25) is 10.0 Å². The summed E-state index contributed by atoms with van der Waals surface area (Å²) in [7, 11) is -1.83. The lowest BCUT2D eigenvalue weighted by atomic mass is 9.96. The molecule has 0 spiro atoms. The second-order valence-corrected chi connectivity index (χ2v) is 7.69. The van der Waals surface area contributed by atoms with Crippen LogP contribution in [0.4, 0.5) is 5.69 Å². The van der Waals surface area contributed by atoms with Crippen molar-refractivity contribution in [3.8, 4) is 0 Å². The van der Waals surface area contributed by atoms with E-state index in [4.69, 9.17) is 5.73 Å². The van der Waals surface area contributed by atoms with Crippen molar-refractivity contribution in [1.29, 1.82) is 0 Å². The highest BCUT2D eigenvalue weighted by Crippen LogP contribution is 2.32. The van der Waals surface area contributed by atoms with Crippen LogP contribution in [-0.2, 0) is 10.0 Å². The first-order valence-electron chi connectivity index (χ1n) is 7.19. The number of nitrogens with zero attached hydrogens (tertiary/aromatic N) is 1. The van der Waals surface area contributed by atoms with Gasteiger partial charge in [-0.1, -0.05) is 31.4 Å². The molecule has 20 heavy (non-hydrogen) atoms. The minimum absolute atomic E-state index is 0.105. The van der Waals surface area contributed by atoms with E-state index >= 15 is 0 Å². The van der Waals surface area contributed by atoms with Crippen LogP contribution in [0.5, 0.6) is 0 Å². The summed E-state index contributed by atoms with van der Waals surface area (Å²) in [5.41, 5.74) is 7.94. The molecule has 1 aromatic rings. The van der Waals surface area contributed by atoms with E-state index in [1.165, 1.54) is 10.7 Å². The van der Waals surface area contributed by atoms with Gasteiger partial charge in [-0.15, -0.1) is 0 Å². The molecule has 0 bridgehead atoms. The summed E-state index contributed by atoms with van der Waals surface area (Å²) in [6, 6.07) is 3.80. The van der Waals surface area contributed by atoms with Gasteiger partial charge in [0.15, 0.2) is 0 Å². The fraction of sp³-hybridized carbons (Fsp3) is 0.600. The topological polar surface area (TPSA) is 63.4 Å². The van der Waals surface area contributed by atoms with E-state index in [2.05, 4.69) is 0 Å². The number of nitrogens with two attached hydrogens (primary N) is 1. The molecule has 0 unspecified atom stereocenters. The van der Waals surface area contributed by atoms with Gasteiger partial charge in [0, 0.05) is 13.1 Å². The Morgan fingerprint density at radius 2 is 1.65 bits per heavy atom. The molecule has 1 aliphatic rings. The summed E-state index contributed by atoms with van der Waals surface area (Å²) in [5, 5.41) is 0. The van der Waals surface area contributed by atoms with E-state index in [0.29, 0.717) is 5.69 Å². The third-order valence-electron chi connectivity index (χ3n) is 4.34. The lowest BCUT2D eigenvalue weighted by molar-refractivity contribution is 0.286. The number of sulfonamides is 1. The number of hydrogen-bond acceptors (Lipinski definition) is 3. The van der Waals surface area contributed by atoms with Gasteiger partial charge in [0.1, 0.15) is 4.90 Å². The maximum absolute atomic E-state index is 12.9. The zero-order valence-electron chi connectivity index (χ0n) is 12.5. The molecule has 0 amide bonds. The van der Waals surface area contributed by atoms with Crippen LogP contribution in [0.3, 0.4) is 0 Å². The van der Waals surface area contributed by atoms with Gasteiger partial charge in [0.05, 0.1) is 5.69 Å². The van der Waals surface area contributed by atoms with Crippen LogP contribution in [0.2, 0.25) is 0 Å². The number of nitrogen functional groups attached to an aromatic ring is 1. The van der Waals surface area contributed by atoms with Gasteiger partial charge < -0.3 is 5.73 Å². The average molecular weight is 296 g/mol. The standard InChI is InChI=1S/C15H24N2O2S/c1-11-9-10-12(2)15(14(11)16)20(18,19)17(3)13-7-5-4-6-8-13/h9-10,13H,4-8,16H2,1-3H3. The lowest BCUT2D eigenvalue weighted by Crippen LogP contribution is -2.38. The normalized spacial score (nSPS) is 17.6. The monoisotopic (exact) mass is 296 g/mol. The molecule has 2 N–H and O–H groups in total. The van der Waals surface area contributed by atoms with E-state index in [-0.39, 0.29) is 10.9 Å². The first kappa shape index (κ1) is 15.3. The highest BCUT2D eigenvalue weighted by Gasteiger charge is 2.31. The van der Waals surface area contributed by atoms with Crippen molar-refractivity contribution in [3.05, 3.63) is 23.3 Å². The van der Waals surface area contributed by atoms with Crippen molar-refractivity contribution in [2.75, 3.05) is 12.8 Å². The number of benzene rings is 1. The average Bonchev–Trinajstić information content (AvgIpc) is 2.43. The summed E-state index contributed by atoms with van der Waals surface area (Å²) in [4.78, 5) is 0.283. The molecule has 0 radical (unpaired) electrons. The van der Waals surface area contributed by atoms with Gasteiger partial charge in [-0.05, 0) is 37.8 Å². The van der Waals surface area contributed by atoms with Crippen molar-refractivity contribution in [2.24, 2.45) is 0 Å². The van der Waals surface area contributed by atoms with Crippen LogP contribution >= 0.6 is 0 Å². The quantitative estimate of drug-likeness (QED) is 0.872. The summed E-state index contributed by atoms with van der Waals surface area (Å²) in [6.07, 6.45) is 5.30. The largest absolute Gasteiger partial charge is 0.397 e. The summed E-state index contributed by atoms with van der Waals surface area (Å²) in [6.45, 7) is 3.64.